The quantitative estimate of drug-likeness (QED) is 0.587. The predicted octanol–water partition coefficient (Wildman–Crippen LogP) is 0.533. The lowest BCUT2D eigenvalue weighted by molar-refractivity contribution is -0.140. The van der Waals surface area contributed by atoms with Crippen LogP contribution in [-0.4, -0.2) is 116 Å². The van der Waals surface area contributed by atoms with Crippen LogP contribution in [0.2, 0.25) is 0 Å². The molecule has 1 saturated carbocycles. The minimum atomic E-state index is -0.652. The van der Waals surface area contributed by atoms with Gasteiger partial charge in [-0.3, -0.25) is 14.5 Å². The Morgan fingerprint density at radius 3 is 2.00 bits per heavy atom. The number of aryl methyl sites for hydroxylation is 1. The molecule has 1 aromatic rings. The van der Waals surface area contributed by atoms with Crippen LogP contribution in [0.25, 0.3) is 0 Å². The van der Waals surface area contributed by atoms with Crippen molar-refractivity contribution >= 4 is 11.8 Å². The molecule has 2 amide bonds. The number of aliphatic hydroxyl groups excluding tert-OH is 1. The highest BCUT2D eigenvalue weighted by atomic mass is 16.5. The van der Waals surface area contributed by atoms with E-state index in [1.165, 1.54) is 0 Å². The average molecular weight is 476 g/mol. The molecule has 0 unspecified atom stereocenters. The van der Waals surface area contributed by atoms with Crippen LogP contribution >= 0.6 is 0 Å². The Hall–Kier alpha value is -2.20. The first-order chi connectivity index (χ1) is 16.5. The maximum atomic E-state index is 13.0. The first-order valence-electron chi connectivity index (χ1n) is 12.3. The van der Waals surface area contributed by atoms with Gasteiger partial charge in [0, 0.05) is 38.6 Å². The highest BCUT2D eigenvalue weighted by molar-refractivity contribution is 5.81. The van der Waals surface area contributed by atoms with Crippen molar-refractivity contribution in [2.24, 2.45) is 5.92 Å². The van der Waals surface area contributed by atoms with Gasteiger partial charge in [-0.15, -0.1) is 0 Å². The van der Waals surface area contributed by atoms with E-state index in [1.807, 2.05) is 36.1 Å². The molecule has 2 heterocycles. The minimum absolute atomic E-state index is 0.00183. The lowest BCUT2D eigenvalue weighted by Gasteiger charge is -2.33. The van der Waals surface area contributed by atoms with Crippen molar-refractivity contribution in [2.45, 2.75) is 32.0 Å². The first-order valence-corrected chi connectivity index (χ1v) is 12.3. The highest BCUT2D eigenvalue weighted by Crippen LogP contribution is 2.30. The monoisotopic (exact) mass is 475 g/mol. The second-order valence-electron chi connectivity index (χ2n) is 9.45. The van der Waals surface area contributed by atoms with Gasteiger partial charge in [0.2, 0.25) is 11.8 Å². The number of aliphatic hydroxyl groups is 1. The van der Waals surface area contributed by atoms with Gasteiger partial charge < -0.3 is 29.1 Å². The Kier molecular flexibility index (Phi) is 8.77. The van der Waals surface area contributed by atoms with Crippen molar-refractivity contribution < 1.29 is 28.9 Å². The molecule has 1 aliphatic carbocycles. The molecular formula is C25H37N3O6. The number of hydrogen-bond acceptors (Lipinski definition) is 7. The summed E-state index contributed by atoms with van der Waals surface area (Å²) in [4.78, 5) is 31.4. The van der Waals surface area contributed by atoms with E-state index in [9.17, 15) is 14.7 Å². The third-order valence-electron chi connectivity index (χ3n) is 6.93. The topological polar surface area (TPSA) is 91.8 Å². The zero-order valence-electron chi connectivity index (χ0n) is 20.1. The van der Waals surface area contributed by atoms with Crippen molar-refractivity contribution in [1.29, 1.82) is 0 Å². The molecule has 0 spiro atoms. The summed E-state index contributed by atoms with van der Waals surface area (Å²) in [7, 11) is 0. The van der Waals surface area contributed by atoms with Gasteiger partial charge in [0.05, 0.1) is 45.6 Å². The van der Waals surface area contributed by atoms with Crippen LogP contribution in [0.15, 0.2) is 24.3 Å². The zero-order valence-corrected chi connectivity index (χ0v) is 20.1. The van der Waals surface area contributed by atoms with Crippen molar-refractivity contribution in [2.75, 3.05) is 72.2 Å². The summed E-state index contributed by atoms with van der Waals surface area (Å²) in [5, 5.41) is 11.0. The molecule has 3 fully saturated rings. The molecule has 0 radical (unpaired) electrons. The number of benzene rings is 1. The molecule has 2 saturated heterocycles. The largest absolute Gasteiger partial charge is 0.488 e. The molecule has 34 heavy (non-hydrogen) atoms. The van der Waals surface area contributed by atoms with Crippen molar-refractivity contribution in [3.63, 3.8) is 0 Å². The first kappa shape index (κ1) is 24.9. The smallest absolute Gasteiger partial charge is 0.236 e. The lowest BCUT2D eigenvalue weighted by Crippen LogP contribution is -2.51. The Balaban J connectivity index is 1.37. The van der Waals surface area contributed by atoms with Gasteiger partial charge in [-0.25, -0.2) is 0 Å². The zero-order chi connectivity index (χ0) is 23.9. The van der Waals surface area contributed by atoms with Gasteiger partial charge in [0.25, 0.3) is 0 Å². The van der Waals surface area contributed by atoms with E-state index in [0.717, 1.165) is 24.2 Å². The molecule has 9 nitrogen and oxygen atoms in total. The van der Waals surface area contributed by atoms with Crippen molar-refractivity contribution in [3.8, 4) is 5.75 Å². The number of hydrogen-bond donors (Lipinski definition) is 1. The standard InChI is InChI=1S/C25H37N3O6/c1-19-2-5-21(6-3-19)34-22-7-4-20(25(22)31)16-26(17-23(29)27-8-12-32-13-9-27)18-24(30)28-10-14-33-15-11-28/h2-3,5-6,20,22,25,31H,4,7-18H2,1H3/t20-,22-,25-/m1/s1. The Morgan fingerprint density at radius 2 is 1.47 bits per heavy atom. The lowest BCUT2D eigenvalue weighted by atomic mass is 10.0. The molecule has 1 N–H and O–H groups in total. The fraction of sp³-hybridized carbons (Fsp3) is 0.680. The number of morpholine rings is 2. The molecule has 188 valence electrons. The summed E-state index contributed by atoms with van der Waals surface area (Å²) >= 11 is 0. The summed E-state index contributed by atoms with van der Waals surface area (Å²) in [5.41, 5.74) is 1.16. The SMILES string of the molecule is Cc1ccc(O[C@@H]2CC[C@H](CN(CC(=O)N3CCOCC3)CC(=O)N3CCOCC3)[C@H]2O)cc1. The van der Waals surface area contributed by atoms with Gasteiger partial charge in [-0.05, 0) is 31.9 Å². The molecule has 1 aromatic carbocycles. The molecule has 3 atom stereocenters. The van der Waals surface area contributed by atoms with Crippen LogP contribution in [-0.2, 0) is 19.1 Å². The Morgan fingerprint density at radius 1 is 0.941 bits per heavy atom. The maximum absolute atomic E-state index is 13.0. The Bertz CT molecular complexity index is 775. The summed E-state index contributed by atoms with van der Waals surface area (Å²) in [6, 6.07) is 7.82. The normalized spacial score (nSPS) is 25.6. The molecule has 4 rings (SSSR count). The average Bonchev–Trinajstić information content (AvgIpc) is 3.20. The second-order valence-corrected chi connectivity index (χ2v) is 9.45. The number of amides is 2. The van der Waals surface area contributed by atoms with Crippen LogP contribution in [0, 0.1) is 12.8 Å². The van der Waals surface area contributed by atoms with E-state index in [1.54, 1.807) is 9.80 Å². The fourth-order valence-corrected chi connectivity index (χ4v) is 4.87. The van der Waals surface area contributed by atoms with Crippen LogP contribution in [0.3, 0.4) is 0 Å². The molecule has 0 bridgehead atoms. The van der Waals surface area contributed by atoms with Gasteiger partial charge in [0.1, 0.15) is 11.9 Å². The third kappa shape index (κ3) is 6.69. The highest BCUT2D eigenvalue weighted by Gasteiger charge is 2.38. The number of nitrogens with zero attached hydrogens (tertiary/aromatic N) is 3. The summed E-state index contributed by atoms with van der Waals surface area (Å²) < 4.78 is 16.8. The van der Waals surface area contributed by atoms with E-state index in [2.05, 4.69) is 0 Å². The van der Waals surface area contributed by atoms with Gasteiger partial charge in [-0.2, -0.15) is 0 Å². The summed E-state index contributed by atoms with van der Waals surface area (Å²) in [6.07, 6.45) is 0.578. The van der Waals surface area contributed by atoms with Crippen molar-refractivity contribution in [3.05, 3.63) is 29.8 Å². The van der Waals surface area contributed by atoms with E-state index in [4.69, 9.17) is 14.2 Å². The minimum Gasteiger partial charge on any atom is -0.488 e. The number of ether oxygens (including phenoxy) is 3. The molecule has 0 aromatic heterocycles. The molecular weight excluding hydrogens is 438 g/mol. The van der Waals surface area contributed by atoms with Crippen LogP contribution in [0.1, 0.15) is 18.4 Å². The summed E-state index contributed by atoms with van der Waals surface area (Å²) in [6.45, 7) is 7.25. The fourth-order valence-electron chi connectivity index (χ4n) is 4.87. The number of carbonyl (C=O) groups excluding carboxylic acids is 2. The molecule has 3 aliphatic rings. The Labute approximate surface area is 201 Å². The number of carbonyl (C=O) groups is 2. The maximum Gasteiger partial charge on any atom is 0.236 e. The van der Waals surface area contributed by atoms with E-state index in [0.29, 0.717) is 59.2 Å². The molecule has 2 aliphatic heterocycles. The summed E-state index contributed by atoms with van der Waals surface area (Å²) in [5.74, 6) is 0.679. The predicted molar refractivity (Wildman–Crippen MR) is 126 cm³/mol. The van der Waals surface area contributed by atoms with Crippen LogP contribution < -0.4 is 4.74 Å². The van der Waals surface area contributed by atoms with Crippen LogP contribution in [0.4, 0.5) is 0 Å². The van der Waals surface area contributed by atoms with Gasteiger partial charge in [-0.1, -0.05) is 17.7 Å². The second kappa shape index (κ2) is 12.0. The van der Waals surface area contributed by atoms with Gasteiger partial charge in [0.15, 0.2) is 0 Å². The van der Waals surface area contributed by atoms with E-state index >= 15 is 0 Å². The van der Waals surface area contributed by atoms with Gasteiger partial charge >= 0.3 is 0 Å². The van der Waals surface area contributed by atoms with Crippen molar-refractivity contribution in [1.82, 2.24) is 14.7 Å². The van der Waals surface area contributed by atoms with E-state index in [-0.39, 0.29) is 36.9 Å². The van der Waals surface area contributed by atoms with Crippen LogP contribution in [0.5, 0.6) is 5.75 Å². The number of rotatable bonds is 8. The third-order valence-corrected chi connectivity index (χ3v) is 6.93. The molecule has 9 heteroatoms. The van der Waals surface area contributed by atoms with E-state index < -0.39 is 6.10 Å².